The van der Waals surface area contributed by atoms with Crippen molar-refractivity contribution in [1.29, 1.82) is 5.26 Å². The van der Waals surface area contributed by atoms with E-state index in [0.29, 0.717) is 0 Å². The highest BCUT2D eigenvalue weighted by Gasteiger charge is 2.09. The summed E-state index contributed by atoms with van der Waals surface area (Å²) in [5.74, 6) is 0.0265. The van der Waals surface area contributed by atoms with Gasteiger partial charge in [-0.1, -0.05) is 30.3 Å². The summed E-state index contributed by atoms with van der Waals surface area (Å²) in [5, 5.41) is 9.02. The van der Waals surface area contributed by atoms with Crippen LogP contribution in [0, 0.1) is 11.3 Å². The molecule has 1 aromatic carbocycles. The Kier molecular flexibility index (Phi) is 4.15. The van der Waals surface area contributed by atoms with Gasteiger partial charge in [0, 0.05) is 0 Å². The summed E-state index contributed by atoms with van der Waals surface area (Å²) in [6, 6.07) is 12.3. The average molecular weight is 188 g/mol. The Balaban J connectivity index is 2.60. The van der Waals surface area contributed by atoms with Crippen LogP contribution in [0.3, 0.4) is 0 Å². The number of benzene rings is 1. The third-order valence-corrected chi connectivity index (χ3v) is 2.22. The maximum absolute atomic E-state index is 9.02. The molecule has 0 radical (unpaired) electrons. The highest BCUT2D eigenvalue weighted by atomic mass is 15.0. The van der Waals surface area contributed by atoms with Crippen LogP contribution in [-0.4, -0.2) is 25.5 Å². The fraction of sp³-hybridized carbons (Fsp3) is 0.417. The molecule has 0 aliphatic carbocycles. The van der Waals surface area contributed by atoms with Crippen LogP contribution in [0.2, 0.25) is 0 Å². The Hall–Kier alpha value is -1.33. The van der Waals surface area contributed by atoms with Gasteiger partial charge in [-0.15, -0.1) is 0 Å². The molecule has 0 spiro atoms. The van der Waals surface area contributed by atoms with E-state index < -0.39 is 0 Å². The minimum Gasteiger partial charge on any atom is -0.309 e. The lowest BCUT2D eigenvalue weighted by Crippen LogP contribution is -2.15. The minimum absolute atomic E-state index is 0.0265. The molecule has 2 nitrogen and oxygen atoms in total. The lowest BCUT2D eigenvalue weighted by Gasteiger charge is -2.13. The summed E-state index contributed by atoms with van der Waals surface area (Å²) >= 11 is 0. The first-order chi connectivity index (χ1) is 6.74. The van der Waals surface area contributed by atoms with Gasteiger partial charge >= 0.3 is 0 Å². The van der Waals surface area contributed by atoms with E-state index in [2.05, 4.69) is 11.0 Å². The molecule has 1 unspecified atom stereocenters. The topological polar surface area (TPSA) is 27.0 Å². The van der Waals surface area contributed by atoms with E-state index in [1.54, 1.807) is 0 Å². The van der Waals surface area contributed by atoms with Gasteiger partial charge in [-0.25, -0.2) is 0 Å². The van der Waals surface area contributed by atoms with Gasteiger partial charge in [0.2, 0.25) is 0 Å². The predicted octanol–water partition coefficient (Wildman–Crippen LogP) is 2.25. The van der Waals surface area contributed by atoms with E-state index >= 15 is 0 Å². The van der Waals surface area contributed by atoms with Gasteiger partial charge in [0.25, 0.3) is 0 Å². The molecule has 0 aliphatic rings. The molecule has 1 rings (SSSR count). The molecule has 1 aromatic rings. The second-order valence-electron chi connectivity index (χ2n) is 3.68. The molecule has 0 bridgehead atoms. The van der Waals surface area contributed by atoms with Crippen molar-refractivity contribution in [3.05, 3.63) is 35.9 Å². The molecule has 0 aromatic heterocycles. The SMILES string of the molecule is CN(C)CCC(C#N)c1ccccc1. The third-order valence-electron chi connectivity index (χ3n) is 2.22. The fourth-order valence-electron chi connectivity index (χ4n) is 1.38. The molecular formula is C12H16N2. The zero-order valence-corrected chi connectivity index (χ0v) is 8.77. The first kappa shape index (κ1) is 10.7. The second kappa shape index (κ2) is 5.41. The molecule has 2 heteroatoms. The Morgan fingerprint density at radius 2 is 1.93 bits per heavy atom. The van der Waals surface area contributed by atoms with Gasteiger partial charge in [0.15, 0.2) is 0 Å². The molecule has 0 N–H and O–H groups in total. The van der Waals surface area contributed by atoms with Crippen molar-refractivity contribution in [2.75, 3.05) is 20.6 Å². The maximum atomic E-state index is 9.02. The number of hydrogen-bond acceptors (Lipinski definition) is 2. The van der Waals surface area contributed by atoms with E-state index in [-0.39, 0.29) is 5.92 Å². The number of nitrogens with zero attached hydrogens (tertiary/aromatic N) is 2. The molecular weight excluding hydrogens is 172 g/mol. The molecule has 0 heterocycles. The van der Waals surface area contributed by atoms with Crippen LogP contribution in [0.15, 0.2) is 30.3 Å². The Labute approximate surface area is 85.8 Å². The summed E-state index contributed by atoms with van der Waals surface area (Å²) in [7, 11) is 4.05. The van der Waals surface area contributed by atoms with Crippen LogP contribution in [0.4, 0.5) is 0 Å². The largest absolute Gasteiger partial charge is 0.309 e. The van der Waals surface area contributed by atoms with Gasteiger partial charge in [-0.3, -0.25) is 0 Å². The quantitative estimate of drug-likeness (QED) is 0.724. The van der Waals surface area contributed by atoms with Crippen molar-refractivity contribution in [3.63, 3.8) is 0 Å². The Bertz CT molecular complexity index is 298. The van der Waals surface area contributed by atoms with E-state index in [1.807, 2.05) is 44.4 Å². The van der Waals surface area contributed by atoms with Crippen LogP contribution < -0.4 is 0 Å². The van der Waals surface area contributed by atoms with E-state index in [4.69, 9.17) is 5.26 Å². The van der Waals surface area contributed by atoms with Gasteiger partial charge in [0.05, 0.1) is 12.0 Å². The third kappa shape index (κ3) is 3.20. The number of rotatable bonds is 4. The normalized spacial score (nSPS) is 12.4. The smallest absolute Gasteiger partial charge is 0.0724 e. The lowest BCUT2D eigenvalue weighted by atomic mass is 9.97. The van der Waals surface area contributed by atoms with E-state index in [9.17, 15) is 0 Å². The number of nitriles is 1. The summed E-state index contributed by atoms with van der Waals surface area (Å²) in [5.41, 5.74) is 1.12. The van der Waals surface area contributed by atoms with Crippen molar-refractivity contribution in [2.45, 2.75) is 12.3 Å². The van der Waals surface area contributed by atoms with Gasteiger partial charge in [-0.05, 0) is 32.6 Å². The molecule has 14 heavy (non-hydrogen) atoms. The summed E-state index contributed by atoms with van der Waals surface area (Å²) in [6.45, 7) is 0.952. The van der Waals surface area contributed by atoms with Crippen molar-refractivity contribution in [2.24, 2.45) is 0 Å². The van der Waals surface area contributed by atoms with Crippen molar-refractivity contribution < 1.29 is 0 Å². The molecule has 0 fully saturated rings. The lowest BCUT2D eigenvalue weighted by molar-refractivity contribution is 0.393. The van der Waals surface area contributed by atoms with Gasteiger partial charge in [-0.2, -0.15) is 5.26 Å². The van der Waals surface area contributed by atoms with Crippen LogP contribution in [-0.2, 0) is 0 Å². The van der Waals surface area contributed by atoms with Gasteiger partial charge in [0.1, 0.15) is 0 Å². The zero-order chi connectivity index (χ0) is 10.4. The minimum atomic E-state index is 0.0265. The zero-order valence-electron chi connectivity index (χ0n) is 8.77. The standard InChI is InChI=1S/C12H16N2/c1-14(2)9-8-12(10-13)11-6-4-3-5-7-11/h3-7,12H,8-9H2,1-2H3. The second-order valence-corrected chi connectivity index (χ2v) is 3.68. The Morgan fingerprint density at radius 1 is 1.29 bits per heavy atom. The fourth-order valence-corrected chi connectivity index (χ4v) is 1.38. The summed E-state index contributed by atoms with van der Waals surface area (Å²) < 4.78 is 0. The molecule has 0 saturated carbocycles. The molecule has 74 valence electrons. The summed E-state index contributed by atoms with van der Waals surface area (Å²) in [4.78, 5) is 2.10. The molecule has 0 aliphatic heterocycles. The molecule has 0 saturated heterocycles. The van der Waals surface area contributed by atoms with Crippen molar-refractivity contribution >= 4 is 0 Å². The van der Waals surface area contributed by atoms with Crippen LogP contribution in [0.1, 0.15) is 17.9 Å². The molecule has 0 amide bonds. The van der Waals surface area contributed by atoms with Crippen molar-refractivity contribution in [3.8, 4) is 6.07 Å². The maximum Gasteiger partial charge on any atom is 0.0724 e. The Morgan fingerprint density at radius 3 is 2.43 bits per heavy atom. The van der Waals surface area contributed by atoms with E-state index in [1.165, 1.54) is 0 Å². The van der Waals surface area contributed by atoms with Crippen LogP contribution >= 0.6 is 0 Å². The van der Waals surface area contributed by atoms with E-state index in [0.717, 1.165) is 18.5 Å². The van der Waals surface area contributed by atoms with Gasteiger partial charge < -0.3 is 4.90 Å². The monoisotopic (exact) mass is 188 g/mol. The number of hydrogen-bond donors (Lipinski definition) is 0. The highest BCUT2D eigenvalue weighted by Crippen LogP contribution is 2.18. The first-order valence-electron chi connectivity index (χ1n) is 4.83. The van der Waals surface area contributed by atoms with Crippen molar-refractivity contribution in [1.82, 2.24) is 4.90 Å². The predicted molar refractivity (Wildman–Crippen MR) is 58.0 cm³/mol. The molecule has 1 atom stereocenters. The van der Waals surface area contributed by atoms with Crippen LogP contribution in [0.25, 0.3) is 0 Å². The first-order valence-corrected chi connectivity index (χ1v) is 4.83. The van der Waals surface area contributed by atoms with Crippen LogP contribution in [0.5, 0.6) is 0 Å². The summed E-state index contributed by atoms with van der Waals surface area (Å²) in [6.07, 6.45) is 0.896. The average Bonchev–Trinajstić information content (AvgIpc) is 2.20. The highest BCUT2D eigenvalue weighted by molar-refractivity contribution is 5.24.